The first kappa shape index (κ1) is 15.8. The van der Waals surface area contributed by atoms with E-state index < -0.39 is 0 Å². The van der Waals surface area contributed by atoms with Gasteiger partial charge in [0.2, 0.25) is 5.82 Å². The van der Waals surface area contributed by atoms with Gasteiger partial charge in [-0.2, -0.15) is 4.98 Å². The second kappa shape index (κ2) is 6.31. The van der Waals surface area contributed by atoms with Gasteiger partial charge in [0, 0.05) is 18.4 Å². The number of likely N-dealkylation sites (tertiary alicyclic amines) is 1. The van der Waals surface area contributed by atoms with Crippen LogP contribution in [0.25, 0.3) is 5.78 Å². The van der Waals surface area contributed by atoms with Crippen LogP contribution in [0.5, 0.6) is 0 Å². The SMILES string of the molecule is Cc1ccc([C@H]2CCCCCN2C(=O)c2nc3nccc(C)n3n2)o1. The van der Waals surface area contributed by atoms with E-state index in [4.69, 9.17) is 4.42 Å². The van der Waals surface area contributed by atoms with Crippen LogP contribution in [0.3, 0.4) is 0 Å². The maximum Gasteiger partial charge on any atom is 0.294 e. The fraction of sp³-hybridized carbons (Fsp3) is 0.444. The number of hydrogen-bond donors (Lipinski definition) is 0. The van der Waals surface area contributed by atoms with Gasteiger partial charge in [-0.05, 0) is 44.9 Å². The molecule has 0 N–H and O–H groups in total. The lowest BCUT2D eigenvalue weighted by atomic mass is 10.1. The number of furan rings is 1. The predicted octanol–water partition coefficient (Wildman–Crippen LogP) is 3.09. The smallest absolute Gasteiger partial charge is 0.294 e. The Bertz CT molecular complexity index is 913. The normalized spacial score (nSPS) is 18.5. The van der Waals surface area contributed by atoms with Gasteiger partial charge in [-0.1, -0.05) is 12.8 Å². The number of amides is 1. The van der Waals surface area contributed by atoms with E-state index in [0.29, 0.717) is 12.3 Å². The molecule has 130 valence electrons. The summed E-state index contributed by atoms with van der Waals surface area (Å²) in [5, 5.41) is 4.37. The molecule has 1 aliphatic heterocycles. The zero-order valence-corrected chi connectivity index (χ0v) is 14.5. The van der Waals surface area contributed by atoms with E-state index in [2.05, 4.69) is 15.1 Å². The molecule has 0 radical (unpaired) electrons. The van der Waals surface area contributed by atoms with Crippen LogP contribution in [0.15, 0.2) is 28.8 Å². The Morgan fingerprint density at radius 1 is 1.20 bits per heavy atom. The third-order valence-corrected chi connectivity index (χ3v) is 4.72. The van der Waals surface area contributed by atoms with Gasteiger partial charge in [-0.3, -0.25) is 4.79 Å². The molecular weight excluding hydrogens is 318 g/mol. The summed E-state index contributed by atoms with van der Waals surface area (Å²) in [6, 6.07) is 5.69. The van der Waals surface area contributed by atoms with E-state index >= 15 is 0 Å². The van der Waals surface area contributed by atoms with E-state index in [1.54, 1.807) is 10.7 Å². The minimum Gasteiger partial charge on any atom is -0.464 e. The van der Waals surface area contributed by atoms with Gasteiger partial charge < -0.3 is 9.32 Å². The van der Waals surface area contributed by atoms with Gasteiger partial charge in [0.15, 0.2) is 0 Å². The highest BCUT2D eigenvalue weighted by molar-refractivity contribution is 5.91. The largest absolute Gasteiger partial charge is 0.464 e. The average Bonchev–Trinajstić information content (AvgIpc) is 3.15. The van der Waals surface area contributed by atoms with Crippen molar-refractivity contribution >= 4 is 11.7 Å². The van der Waals surface area contributed by atoms with Crippen LogP contribution >= 0.6 is 0 Å². The van der Waals surface area contributed by atoms with E-state index in [9.17, 15) is 4.79 Å². The Morgan fingerprint density at radius 3 is 2.84 bits per heavy atom. The molecule has 4 heterocycles. The molecule has 1 saturated heterocycles. The number of carbonyl (C=O) groups is 1. The number of carbonyl (C=O) groups excluding carboxylic acids is 1. The first-order chi connectivity index (χ1) is 12.1. The zero-order chi connectivity index (χ0) is 17.4. The Kier molecular flexibility index (Phi) is 3.99. The predicted molar refractivity (Wildman–Crippen MR) is 91.2 cm³/mol. The van der Waals surface area contributed by atoms with E-state index in [-0.39, 0.29) is 17.8 Å². The summed E-state index contributed by atoms with van der Waals surface area (Å²) in [5.41, 5.74) is 0.894. The van der Waals surface area contributed by atoms with Gasteiger partial charge in [0.05, 0.1) is 6.04 Å². The molecule has 0 aliphatic carbocycles. The lowest BCUT2D eigenvalue weighted by Crippen LogP contribution is -2.35. The lowest BCUT2D eigenvalue weighted by Gasteiger charge is -2.27. The number of nitrogens with zero attached hydrogens (tertiary/aromatic N) is 5. The standard InChI is InChI=1S/C18H21N5O2/c1-12-9-10-19-18-20-16(21-23(12)18)17(24)22-11-5-3-4-6-14(22)15-8-7-13(2)25-15/h7-10,14H,3-6,11H2,1-2H3/t14-/m1/s1. The van der Waals surface area contributed by atoms with Crippen molar-refractivity contribution in [3.05, 3.63) is 47.4 Å². The molecule has 3 aromatic heterocycles. The maximum atomic E-state index is 13.1. The highest BCUT2D eigenvalue weighted by atomic mass is 16.3. The first-order valence-corrected chi connectivity index (χ1v) is 8.69. The van der Waals surface area contributed by atoms with Gasteiger partial charge in [0.25, 0.3) is 11.7 Å². The Hall–Kier alpha value is -2.70. The molecule has 25 heavy (non-hydrogen) atoms. The third-order valence-electron chi connectivity index (χ3n) is 4.72. The van der Waals surface area contributed by atoms with Crippen molar-refractivity contribution in [1.82, 2.24) is 24.5 Å². The summed E-state index contributed by atoms with van der Waals surface area (Å²) in [7, 11) is 0. The lowest BCUT2D eigenvalue weighted by molar-refractivity contribution is 0.0645. The molecule has 7 heteroatoms. The van der Waals surface area contributed by atoms with E-state index in [1.165, 1.54) is 0 Å². The molecule has 1 aliphatic rings. The van der Waals surface area contributed by atoms with Crippen molar-refractivity contribution in [2.45, 2.75) is 45.6 Å². The van der Waals surface area contributed by atoms with Crippen molar-refractivity contribution in [2.24, 2.45) is 0 Å². The van der Waals surface area contributed by atoms with Gasteiger partial charge >= 0.3 is 0 Å². The van der Waals surface area contributed by atoms with E-state index in [0.717, 1.165) is 42.9 Å². The van der Waals surface area contributed by atoms with Gasteiger partial charge in [-0.25, -0.2) is 9.50 Å². The topological polar surface area (TPSA) is 76.5 Å². The Labute approximate surface area is 145 Å². The molecule has 0 aromatic carbocycles. The molecule has 1 amide bonds. The first-order valence-electron chi connectivity index (χ1n) is 8.69. The highest BCUT2D eigenvalue weighted by Gasteiger charge is 2.31. The van der Waals surface area contributed by atoms with E-state index in [1.807, 2.05) is 36.9 Å². The Morgan fingerprint density at radius 2 is 2.08 bits per heavy atom. The monoisotopic (exact) mass is 339 g/mol. The van der Waals surface area contributed by atoms with Crippen molar-refractivity contribution in [3.8, 4) is 0 Å². The summed E-state index contributed by atoms with van der Waals surface area (Å²) in [4.78, 5) is 23.5. The average molecular weight is 339 g/mol. The molecule has 0 spiro atoms. The molecule has 4 rings (SSSR count). The van der Waals surface area contributed by atoms with Crippen LogP contribution in [-0.4, -0.2) is 36.9 Å². The Balaban J connectivity index is 1.70. The number of fused-ring (bicyclic) bond motifs is 1. The third kappa shape index (κ3) is 2.90. The fourth-order valence-corrected chi connectivity index (χ4v) is 3.41. The molecule has 0 unspecified atom stereocenters. The molecular formula is C18H21N5O2. The fourth-order valence-electron chi connectivity index (χ4n) is 3.41. The molecule has 0 bridgehead atoms. The van der Waals surface area contributed by atoms with Crippen LogP contribution in [0, 0.1) is 13.8 Å². The molecule has 0 saturated carbocycles. The number of rotatable bonds is 2. The number of aromatic nitrogens is 4. The van der Waals surface area contributed by atoms with Crippen LogP contribution < -0.4 is 0 Å². The maximum absolute atomic E-state index is 13.1. The second-order valence-electron chi connectivity index (χ2n) is 6.55. The van der Waals surface area contributed by atoms with Crippen molar-refractivity contribution in [2.75, 3.05) is 6.54 Å². The van der Waals surface area contributed by atoms with Crippen LogP contribution in [-0.2, 0) is 0 Å². The number of hydrogen-bond acceptors (Lipinski definition) is 5. The number of aryl methyl sites for hydroxylation is 2. The van der Waals surface area contributed by atoms with Crippen LogP contribution in [0.4, 0.5) is 0 Å². The highest BCUT2D eigenvalue weighted by Crippen LogP contribution is 2.32. The van der Waals surface area contributed by atoms with Crippen molar-refractivity contribution in [1.29, 1.82) is 0 Å². The molecule has 1 fully saturated rings. The minimum atomic E-state index is -0.161. The van der Waals surface area contributed by atoms with Gasteiger partial charge in [-0.15, -0.1) is 5.10 Å². The minimum absolute atomic E-state index is 0.0654. The van der Waals surface area contributed by atoms with Crippen molar-refractivity contribution in [3.63, 3.8) is 0 Å². The summed E-state index contributed by atoms with van der Waals surface area (Å²) in [5.74, 6) is 2.18. The quantitative estimate of drug-likeness (QED) is 0.717. The van der Waals surface area contributed by atoms with Crippen molar-refractivity contribution < 1.29 is 9.21 Å². The van der Waals surface area contributed by atoms with Crippen LogP contribution in [0.1, 0.15) is 59.6 Å². The van der Waals surface area contributed by atoms with Crippen LogP contribution in [0.2, 0.25) is 0 Å². The molecule has 7 nitrogen and oxygen atoms in total. The van der Waals surface area contributed by atoms with Gasteiger partial charge in [0.1, 0.15) is 11.5 Å². The summed E-state index contributed by atoms with van der Waals surface area (Å²) in [6.45, 7) is 4.52. The zero-order valence-electron chi connectivity index (χ0n) is 14.5. The summed E-state index contributed by atoms with van der Waals surface area (Å²) >= 11 is 0. The second-order valence-corrected chi connectivity index (χ2v) is 6.55. The molecule has 3 aromatic rings. The summed E-state index contributed by atoms with van der Waals surface area (Å²) < 4.78 is 7.43. The summed E-state index contributed by atoms with van der Waals surface area (Å²) in [6.07, 6.45) is 5.73. The molecule has 1 atom stereocenters.